The Kier molecular flexibility index (Phi) is 7.05. The number of morpholine rings is 1. The zero-order valence-corrected chi connectivity index (χ0v) is 21.4. The van der Waals surface area contributed by atoms with E-state index >= 15 is 0 Å². The van der Waals surface area contributed by atoms with Crippen molar-refractivity contribution in [2.75, 3.05) is 57.9 Å². The summed E-state index contributed by atoms with van der Waals surface area (Å²) in [4.78, 5) is 46.2. The van der Waals surface area contributed by atoms with Gasteiger partial charge in [-0.15, -0.1) is 0 Å². The topological polar surface area (TPSA) is 99.6 Å². The van der Waals surface area contributed by atoms with Crippen LogP contribution in [0.2, 0.25) is 0 Å². The third-order valence-electron chi connectivity index (χ3n) is 7.39. The Balaban J connectivity index is 1.58. The normalized spacial score (nSPS) is 22.8. The number of hydrogen-bond acceptors (Lipinski definition) is 7. The molecule has 2 amide bonds. The number of aliphatic hydroxyl groups excluding tert-OH is 1. The van der Waals surface area contributed by atoms with Gasteiger partial charge in [-0.25, -0.2) is 0 Å². The second-order valence-corrected chi connectivity index (χ2v) is 9.53. The Labute approximate surface area is 221 Å². The number of amides is 2. The number of nitrogens with zero attached hydrogens (tertiary/aromatic N) is 3. The molecule has 5 rings (SSSR count). The number of Topliss-reactive ketones (excluding diaryl/α,β-unsaturated/α-hetero) is 1. The first-order chi connectivity index (χ1) is 18.4. The maximum Gasteiger partial charge on any atom is 0.296 e. The predicted molar refractivity (Wildman–Crippen MR) is 142 cm³/mol. The Morgan fingerprint density at radius 1 is 1.08 bits per heavy atom. The van der Waals surface area contributed by atoms with Gasteiger partial charge in [0.1, 0.15) is 18.1 Å². The molecule has 3 aliphatic rings. The van der Waals surface area contributed by atoms with E-state index in [1.807, 2.05) is 0 Å². The van der Waals surface area contributed by atoms with Crippen LogP contribution in [0.25, 0.3) is 5.76 Å². The molecule has 2 fully saturated rings. The molecular weight excluding hydrogens is 486 g/mol. The lowest BCUT2D eigenvalue weighted by molar-refractivity contribution is -0.143. The number of ether oxygens (including phenoxy) is 2. The van der Waals surface area contributed by atoms with Crippen LogP contribution >= 0.6 is 0 Å². The fourth-order valence-electron chi connectivity index (χ4n) is 5.56. The van der Waals surface area contributed by atoms with Crippen LogP contribution in [0, 0.1) is 0 Å². The zero-order chi connectivity index (χ0) is 26.9. The highest BCUT2D eigenvalue weighted by Crippen LogP contribution is 2.53. The quantitative estimate of drug-likeness (QED) is 0.249. The summed E-state index contributed by atoms with van der Waals surface area (Å²) in [6, 6.07) is 13.6. The Morgan fingerprint density at radius 3 is 2.50 bits per heavy atom. The fourth-order valence-corrected chi connectivity index (χ4v) is 5.56. The van der Waals surface area contributed by atoms with Crippen molar-refractivity contribution in [1.82, 2.24) is 9.80 Å². The molecule has 2 saturated heterocycles. The van der Waals surface area contributed by atoms with Crippen molar-refractivity contribution >= 4 is 29.0 Å². The third kappa shape index (κ3) is 4.08. The summed E-state index contributed by atoms with van der Waals surface area (Å²) in [5, 5.41) is 11.5. The third-order valence-corrected chi connectivity index (χ3v) is 7.39. The number of para-hydroxylation sites is 1. The number of ketones is 1. The molecular formula is C29H31N3O6. The predicted octanol–water partition coefficient (Wildman–Crippen LogP) is 2.53. The fraction of sp³-hybridized carbons (Fsp3) is 0.345. The van der Waals surface area contributed by atoms with E-state index in [4.69, 9.17) is 9.47 Å². The number of anilines is 1. The number of likely N-dealkylation sites (tertiary alicyclic amines) is 1. The van der Waals surface area contributed by atoms with Crippen molar-refractivity contribution in [3.05, 3.63) is 77.9 Å². The smallest absolute Gasteiger partial charge is 0.296 e. The number of carbonyl (C=O) groups is 3. The van der Waals surface area contributed by atoms with Crippen molar-refractivity contribution in [1.29, 1.82) is 0 Å². The van der Waals surface area contributed by atoms with Gasteiger partial charge >= 0.3 is 0 Å². The Bertz CT molecular complexity index is 1300. The van der Waals surface area contributed by atoms with Crippen LogP contribution in [0.4, 0.5) is 5.69 Å². The van der Waals surface area contributed by atoms with E-state index in [0.29, 0.717) is 55.4 Å². The van der Waals surface area contributed by atoms with Crippen molar-refractivity contribution in [3.63, 3.8) is 0 Å². The molecule has 0 bridgehead atoms. The number of benzene rings is 2. The minimum absolute atomic E-state index is 0.182. The number of aliphatic hydroxyl groups is 1. The molecule has 198 valence electrons. The molecule has 3 heterocycles. The summed E-state index contributed by atoms with van der Waals surface area (Å²) in [5.41, 5.74) is -0.550. The molecule has 2 aromatic carbocycles. The van der Waals surface area contributed by atoms with E-state index in [1.165, 1.54) is 9.80 Å². The van der Waals surface area contributed by atoms with Crippen molar-refractivity contribution in [3.8, 4) is 5.75 Å². The Hall–Kier alpha value is -3.95. The van der Waals surface area contributed by atoms with Crippen LogP contribution in [0.3, 0.4) is 0 Å². The molecule has 1 atom stereocenters. The van der Waals surface area contributed by atoms with Crippen LogP contribution in [-0.2, 0) is 24.7 Å². The summed E-state index contributed by atoms with van der Waals surface area (Å²) in [7, 11) is 1.62. The first-order valence-corrected chi connectivity index (χ1v) is 12.7. The highest BCUT2D eigenvalue weighted by atomic mass is 16.5. The molecule has 3 aliphatic heterocycles. The first kappa shape index (κ1) is 25.7. The number of fused-ring (bicyclic) bond motifs is 2. The average Bonchev–Trinajstić information content (AvgIpc) is 3.31. The van der Waals surface area contributed by atoms with Gasteiger partial charge in [0.2, 0.25) is 0 Å². The molecule has 38 heavy (non-hydrogen) atoms. The van der Waals surface area contributed by atoms with E-state index in [9.17, 15) is 19.5 Å². The molecule has 1 unspecified atom stereocenters. The molecule has 0 aromatic heterocycles. The monoisotopic (exact) mass is 517 g/mol. The molecule has 9 nitrogen and oxygen atoms in total. The van der Waals surface area contributed by atoms with Gasteiger partial charge in [-0.2, -0.15) is 0 Å². The number of hydrogen-bond donors (Lipinski definition) is 1. The van der Waals surface area contributed by atoms with Gasteiger partial charge in [0.25, 0.3) is 17.6 Å². The standard InChI is InChI=1S/C29H31N3O6/c1-3-17-38-21-11-9-20(10-12-21)25(33)24-26(34)27(35)32(14-6-13-31-15-18-37-19-16-31)29(24)22-7-4-5-8-23(22)30(2)28(29)36/h3-5,7-12,33H,1,6,13-19H2,2H3/b25-24+. The van der Waals surface area contributed by atoms with Gasteiger partial charge in [0.05, 0.1) is 18.8 Å². The highest BCUT2D eigenvalue weighted by Gasteiger charge is 2.66. The van der Waals surface area contributed by atoms with Crippen molar-refractivity contribution in [2.45, 2.75) is 12.0 Å². The van der Waals surface area contributed by atoms with E-state index in [2.05, 4.69) is 11.5 Å². The highest BCUT2D eigenvalue weighted by molar-refractivity contribution is 6.50. The van der Waals surface area contributed by atoms with E-state index in [0.717, 1.165) is 13.1 Å². The number of rotatable bonds is 8. The second-order valence-electron chi connectivity index (χ2n) is 9.53. The van der Waals surface area contributed by atoms with Crippen LogP contribution in [0.5, 0.6) is 5.75 Å². The lowest BCUT2D eigenvalue weighted by Crippen LogP contribution is -2.52. The molecule has 1 N–H and O–H groups in total. The molecule has 0 saturated carbocycles. The average molecular weight is 518 g/mol. The number of likely N-dealkylation sites (N-methyl/N-ethyl adjacent to an activating group) is 1. The van der Waals surface area contributed by atoms with E-state index in [1.54, 1.807) is 61.7 Å². The largest absolute Gasteiger partial charge is 0.507 e. The minimum atomic E-state index is -1.74. The lowest BCUT2D eigenvalue weighted by atomic mass is 9.82. The minimum Gasteiger partial charge on any atom is -0.507 e. The number of carbonyl (C=O) groups excluding carboxylic acids is 3. The first-order valence-electron chi connectivity index (χ1n) is 12.7. The lowest BCUT2D eigenvalue weighted by Gasteiger charge is -2.35. The van der Waals surface area contributed by atoms with Crippen molar-refractivity contribution in [2.24, 2.45) is 0 Å². The molecule has 0 aliphatic carbocycles. The van der Waals surface area contributed by atoms with Gasteiger partial charge in [-0.1, -0.05) is 30.9 Å². The van der Waals surface area contributed by atoms with E-state index < -0.39 is 28.9 Å². The van der Waals surface area contributed by atoms with Crippen LogP contribution in [-0.4, -0.2) is 85.6 Å². The van der Waals surface area contributed by atoms with Gasteiger partial charge < -0.3 is 24.4 Å². The summed E-state index contributed by atoms with van der Waals surface area (Å²) in [6.07, 6.45) is 2.18. The molecule has 1 spiro atoms. The van der Waals surface area contributed by atoms with Gasteiger partial charge in [-0.05, 0) is 36.8 Å². The Morgan fingerprint density at radius 2 is 1.79 bits per heavy atom. The SMILES string of the molecule is C=CCOc1ccc(/C(O)=C2/C(=O)C(=O)N(CCCN3CCOCC3)C23C(=O)N(C)c2ccccc23)cc1. The summed E-state index contributed by atoms with van der Waals surface area (Å²) < 4.78 is 10.9. The molecule has 0 radical (unpaired) electrons. The summed E-state index contributed by atoms with van der Waals surface area (Å²) in [5.74, 6) is -1.96. The van der Waals surface area contributed by atoms with Crippen molar-refractivity contribution < 1.29 is 29.0 Å². The van der Waals surface area contributed by atoms with E-state index in [-0.39, 0.29) is 12.1 Å². The van der Waals surface area contributed by atoms with Gasteiger partial charge in [0, 0.05) is 50.0 Å². The van der Waals surface area contributed by atoms with Crippen LogP contribution in [0.1, 0.15) is 17.5 Å². The second kappa shape index (κ2) is 10.4. The zero-order valence-electron chi connectivity index (χ0n) is 21.4. The maximum absolute atomic E-state index is 14.0. The van der Waals surface area contributed by atoms with Crippen LogP contribution < -0.4 is 9.64 Å². The summed E-state index contributed by atoms with van der Waals surface area (Å²) in [6.45, 7) is 7.71. The molecule has 2 aromatic rings. The van der Waals surface area contributed by atoms with Gasteiger partial charge in [-0.3, -0.25) is 19.3 Å². The molecule has 9 heteroatoms. The van der Waals surface area contributed by atoms with Crippen LogP contribution in [0.15, 0.2) is 66.8 Å². The summed E-state index contributed by atoms with van der Waals surface area (Å²) >= 11 is 0. The maximum atomic E-state index is 14.0. The van der Waals surface area contributed by atoms with Gasteiger partial charge in [0.15, 0.2) is 5.54 Å².